The number of amides is 1. The van der Waals surface area contributed by atoms with E-state index in [1.807, 2.05) is 19.1 Å². The number of benzene rings is 1. The van der Waals surface area contributed by atoms with Gasteiger partial charge in [0.15, 0.2) is 11.5 Å². The van der Waals surface area contributed by atoms with Crippen molar-refractivity contribution < 1.29 is 14.6 Å². The number of carbonyl (C=O) groups is 1. The number of ether oxygens (including phenoxy) is 1. The fourth-order valence-electron chi connectivity index (χ4n) is 3.09. The highest BCUT2D eigenvalue weighted by Gasteiger charge is 2.25. The molecule has 134 valence electrons. The number of piperidine rings is 1. The van der Waals surface area contributed by atoms with E-state index in [9.17, 15) is 9.90 Å². The third-order valence-corrected chi connectivity index (χ3v) is 4.56. The maximum absolute atomic E-state index is 12.1. The Bertz CT molecular complexity index is 525. The van der Waals surface area contributed by atoms with Crippen LogP contribution in [-0.4, -0.2) is 42.2 Å². The van der Waals surface area contributed by atoms with Crippen LogP contribution in [0.25, 0.3) is 0 Å². The van der Waals surface area contributed by atoms with E-state index in [0.29, 0.717) is 18.9 Å². The molecule has 1 saturated heterocycles. The number of nitrogens with one attached hydrogen (secondary N) is 1. The molecule has 1 aromatic carbocycles. The average Bonchev–Trinajstić information content (AvgIpc) is 2.59. The lowest BCUT2D eigenvalue weighted by molar-refractivity contribution is -0.126. The molecule has 1 amide bonds. The Morgan fingerprint density at radius 2 is 2.08 bits per heavy atom. The molecule has 24 heavy (non-hydrogen) atoms. The molecule has 0 radical (unpaired) electrons. The van der Waals surface area contributed by atoms with E-state index in [4.69, 9.17) is 4.74 Å². The zero-order valence-electron chi connectivity index (χ0n) is 14.9. The van der Waals surface area contributed by atoms with Gasteiger partial charge in [-0.2, -0.15) is 0 Å². The summed E-state index contributed by atoms with van der Waals surface area (Å²) in [6, 6.07) is 5.63. The Balaban J connectivity index is 1.83. The zero-order valence-corrected chi connectivity index (χ0v) is 14.9. The highest BCUT2D eigenvalue weighted by Crippen LogP contribution is 2.31. The fourth-order valence-corrected chi connectivity index (χ4v) is 3.09. The molecule has 1 aliphatic rings. The summed E-state index contributed by atoms with van der Waals surface area (Å²) < 4.78 is 5.44. The van der Waals surface area contributed by atoms with Gasteiger partial charge in [-0.3, -0.25) is 9.69 Å². The number of likely N-dealkylation sites (tertiary alicyclic amines) is 1. The van der Waals surface area contributed by atoms with Crippen LogP contribution in [0, 0.1) is 5.92 Å². The Labute approximate surface area is 145 Å². The lowest BCUT2D eigenvalue weighted by Crippen LogP contribution is -2.40. The molecule has 5 heteroatoms. The number of rotatable bonds is 8. The van der Waals surface area contributed by atoms with Gasteiger partial charge in [-0.15, -0.1) is 0 Å². The fraction of sp³-hybridized carbons (Fsp3) is 0.632. The van der Waals surface area contributed by atoms with Crippen molar-refractivity contribution in [2.24, 2.45) is 5.92 Å². The first-order valence-electron chi connectivity index (χ1n) is 9.09. The standard InChI is InChI=1S/C19H30N2O3/c1-3-5-11-20-19(23)15-9-12-21(13-10-15)14-16-7-6-8-17(18(16)22)24-4-2/h6-8,15,22H,3-5,9-14H2,1-2H3,(H,20,23). The minimum Gasteiger partial charge on any atom is -0.504 e. The van der Waals surface area contributed by atoms with Gasteiger partial charge in [0.1, 0.15) is 0 Å². The Kier molecular flexibility index (Phi) is 7.37. The predicted octanol–water partition coefficient (Wildman–Crippen LogP) is 2.92. The molecule has 1 fully saturated rings. The number of aromatic hydroxyl groups is 1. The molecule has 0 spiro atoms. The van der Waals surface area contributed by atoms with Gasteiger partial charge >= 0.3 is 0 Å². The van der Waals surface area contributed by atoms with Crippen LogP contribution < -0.4 is 10.1 Å². The monoisotopic (exact) mass is 334 g/mol. The smallest absolute Gasteiger partial charge is 0.223 e. The van der Waals surface area contributed by atoms with Gasteiger partial charge in [0.05, 0.1) is 6.61 Å². The van der Waals surface area contributed by atoms with Crippen molar-refractivity contribution in [3.63, 3.8) is 0 Å². The Morgan fingerprint density at radius 1 is 1.33 bits per heavy atom. The van der Waals surface area contributed by atoms with Gasteiger partial charge < -0.3 is 15.2 Å². The molecule has 0 bridgehead atoms. The van der Waals surface area contributed by atoms with E-state index in [2.05, 4.69) is 17.1 Å². The van der Waals surface area contributed by atoms with Crippen LogP contribution in [0.4, 0.5) is 0 Å². The largest absolute Gasteiger partial charge is 0.504 e. The Morgan fingerprint density at radius 3 is 2.75 bits per heavy atom. The summed E-state index contributed by atoms with van der Waals surface area (Å²) in [5.74, 6) is 1.10. The van der Waals surface area contributed by atoms with Crippen molar-refractivity contribution in [1.82, 2.24) is 10.2 Å². The van der Waals surface area contributed by atoms with Crippen molar-refractivity contribution in [2.75, 3.05) is 26.2 Å². The highest BCUT2D eigenvalue weighted by atomic mass is 16.5. The van der Waals surface area contributed by atoms with Crippen LogP contribution in [0.15, 0.2) is 18.2 Å². The summed E-state index contributed by atoms with van der Waals surface area (Å²) in [5.41, 5.74) is 0.881. The molecule has 2 rings (SSSR count). The van der Waals surface area contributed by atoms with E-state index in [1.54, 1.807) is 6.07 Å². The van der Waals surface area contributed by atoms with Crippen LogP contribution in [0.3, 0.4) is 0 Å². The van der Waals surface area contributed by atoms with Gasteiger partial charge in [0, 0.05) is 24.6 Å². The van der Waals surface area contributed by atoms with Crippen LogP contribution in [0.1, 0.15) is 45.1 Å². The normalized spacial score (nSPS) is 16.1. The maximum atomic E-state index is 12.1. The lowest BCUT2D eigenvalue weighted by Gasteiger charge is -2.31. The number of nitrogens with zero attached hydrogens (tertiary/aromatic N) is 1. The number of hydrogen-bond acceptors (Lipinski definition) is 4. The van der Waals surface area contributed by atoms with E-state index < -0.39 is 0 Å². The van der Waals surface area contributed by atoms with E-state index in [0.717, 1.165) is 50.9 Å². The second kappa shape index (κ2) is 9.52. The third-order valence-electron chi connectivity index (χ3n) is 4.56. The van der Waals surface area contributed by atoms with Crippen molar-refractivity contribution in [3.05, 3.63) is 23.8 Å². The number of phenols is 1. The minimum atomic E-state index is 0.126. The third kappa shape index (κ3) is 5.13. The molecule has 0 aromatic heterocycles. The van der Waals surface area contributed by atoms with Gasteiger partial charge in [-0.25, -0.2) is 0 Å². The zero-order chi connectivity index (χ0) is 17.4. The molecular weight excluding hydrogens is 304 g/mol. The first kappa shape index (κ1) is 18.6. The topological polar surface area (TPSA) is 61.8 Å². The van der Waals surface area contributed by atoms with Crippen LogP contribution >= 0.6 is 0 Å². The second-order valence-electron chi connectivity index (χ2n) is 6.39. The maximum Gasteiger partial charge on any atom is 0.223 e. The SMILES string of the molecule is CCCCNC(=O)C1CCN(Cc2cccc(OCC)c2O)CC1. The first-order valence-corrected chi connectivity index (χ1v) is 9.09. The lowest BCUT2D eigenvalue weighted by atomic mass is 9.95. The predicted molar refractivity (Wildman–Crippen MR) is 95.2 cm³/mol. The molecule has 1 heterocycles. The highest BCUT2D eigenvalue weighted by molar-refractivity contribution is 5.78. The summed E-state index contributed by atoms with van der Waals surface area (Å²) in [4.78, 5) is 14.4. The van der Waals surface area contributed by atoms with Crippen LogP contribution in [-0.2, 0) is 11.3 Å². The van der Waals surface area contributed by atoms with Crippen LogP contribution in [0.2, 0.25) is 0 Å². The first-order chi connectivity index (χ1) is 11.7. The number of phenolic OH excluding ortho intramolecular Hbond substituents is 1. The van der Waals surface area contributed by atoms with Crippen LogP contribution in [0.5, 0.6) is 11.5 Å². The van der Waals surface area contributed by atoms with Gasteiger partial charge in [-0.05, 0) is 45.3 Å². The number of para-hydroxylation sites is 1. The molecule has 1 aromatic rings. The molecular formula is C19H30N2O3. The summed E-state index contributed by atoms with van der Waals surface area (Å²) in [5, 5.41) is 13.3. The van der Waals surface area contributed by atoms with Gasteiger partial charge in [-0.1, -0.05) is 25.5 Å². The average molecular weight is 334 g/mol. The van der Waals surface area contributed by atoms with E-state index >= 15 is 0 Å². The van der Waals surface area contributed by atoms with E-state index in [-0.39, 0.29) is 17.6 Å². The summed E-state index contributed by atoms with van der Waals surface area (Å²) >= 11 is 0. The molecule has 5 nitrogen and oxygen atoms in total. The summed E-state index contributed by atoms with van der Waals surface area (Å²) in [6.07, 6.45) is 3.90. The summed E-state index contributed by atoms with van der Waals surface area (Å²) in [7, 11) is 0. The van der Waals surface area contributed by atoms with Crippen molar-refractivity contribution in [1.29, 1.82) is 0 Å². The van der Waals surface area contributed by atoms with Crippen molar-refractivity contribution in [3.8, 4) is 11.5 Å². The summed E-state index contributed by atoms with van der Waals surface area (Å²) in [6.45, 7) is 7.80. The van der Waals surface area contributed by atoms with Crippen molar-refractivity contribution >= 4 is 5.91 Å². The van der Waals surface area contributed by atoms with Gasteiger partial charge in [0.25, 0.3) is 0 Å². The number of unbranched alkanes of at least 4 members (excludes halogenated alkanes) is 1. The minimum absolute atomic E-state index is 0.126. The molecule has 0 unspecified atom stereocenters. The van der Waals surface area contributed by atoms with Gasteiger partial charge in [0.2, 0.25) is 5.91 Å². The molecule has 2 N–H and O–H groups in total. The van der Waals surface area contributed by atoms with Crippen molar-refractivity contribution in [2.45, 2.75) is 46.1 Å². The Hall–Kier alpha value is -1.75. The number of hydrogen-bond donors (Lipinski definition) is 2. The molecule has 0 saturated carbocycles. The quantitative estimate of drug-likeness (QED) is 0.718. The number of carbonyl (C=O) groups excluding carboxylic acids is 1. The second-order valence-corrected chi connectivity index (χ2v) is 6.39. The molecule has 0 aliphatic carbocycles. The molecule has 1 aliphatic heterocycles. The van der Waals surface area contributed by atoms with E-state index in [1.165, 1.54) is 0 Å². The molecule has 0 atom stereocenters.